The van der Waals surface area contributed by atoms with E-state index in [1.54, 1.807) is 0 Å². The van der Waals surface area contributed by atoms with Crippen LogP contribution in [0.2, 0.25) is 0 Å². The normalized spacial score (nSPS) is 14.5. The first-order valence-corrected chi connectivity index (χ1v) is 10.7. The van der Waals surface area contributed by atoms with Crippen molar-refractivity contribution in [2.24, 2.45) is 0 Å². The number of ether oxygens (including phenoxy) is 1. The molecular weight excluding hydrogens is 356 g/mol. The maximum Gasteiger partial charge on any atom is 0.119 e. The summed E-state index contributed by atoms with van der Waals surface area (Å²) in [7, 11) is 0. The number of likely N-dealkylation sites (tertiary alicyclic amines) is 1. The van der Waals surface area contributed by atoms with Crippen molar-refractivity contribution in [3.63, 3.8) is 0 Å². The minimum Gasteiger partial charge on any atom is -0.492 e. The molecule has 150 valence electrons. The molecule has 1 heterocycles. The zero-order valence-electron chi connectivity index (χ0n) is 17.0. The maximum atomic E-state index is 5.98. The van der Waals surface area contributed by atoms with Crippen molar-refractivity contribution < 1.29 is 4.74 Å². The number of nitrogens with zero attached hydrogens (tertiary/aromatic N) is 2. The fraction of sp³-hybridized carbons (Fsp3) is 0.308. The minimum absolute atomic E-state index is 0.763. The number of hydrogen-bond acceptors (Lipinski definition) is 3. The first-order valence-electron chi connectivity index (χ1n) is 10.7. The van der Waals surface area contributed by atoms with Crippen LogP contribution in [0.1, 0.15) is 24.8 Å². The molecule has 0 unspecified atom stereocenters. The molecule has 3 nitrogen and oxygen atoms in total. The Morgan fingerprint density at radius 3 is 1.86 bits per heavy atom. The number of piperidine rings is 1. The van der Waals surface area contributed by atoms with Crippen molar-refractivity contribution in [3.8, 4) is 5.75 Å². The summed E-state index contributed by atoms with van der Waals surface area (Å²) in [5.74, 6) is 0.955. The van der Waals surface area contributed by atoms with Crippen LogP contribution < -0.4 is 9.64 Å². The molecule has 0 spiro atoms. The van der Waals surface area contributed by atoms with E-state index in [1.807, 2.05) is 0 Å². The summed E-state index contributed by atoms with van der Waals surface area (Å²) in [6.07, 6.45) is 4.03. The van der Waals surface area contributed by atoms with Crippen LogP contribution in [-0.2, 0) is 6.54 Å². The third kappa shape index (κ3) is 5.61. The highest BCUT2D eigenvalue weighted by Gasteiger charge is 2.11. The van der Waals surface area contributed by atoms with Crippen LogP contribution >= 0.6 is 0 Å². The van der Waals surface area contributed by atoms with E-state index in [2.05, 4.69) is 94.7 Å². The lowest BCUT2D eigenvalue weighted by atomic mass is 10.1. The van der Waals surface area contributed by atoms with Crippen LogP contribution in [-0.4, -0.2) is 31.1 Å². The Labute approximate surface area is 174 Å². The van der Waals surface area contributed by atoms with Gasteiger partial charge in [0.25, 0.3) is 0 Å². The Morgan fingerprint density at radius 1 is 0.690 bits per heavy atom. The number of para-hydroxylation sites is 2. The lowest BCUT2D eigenvalue weighted by Gasteiger charge is -2.26. The number of anilines is 2. The van der Waals surface area contributed by atoms with Gasteiger partial charge in [-0.3, -0.25) is 4.90 Å². The molecule has 1 aliphatic rings. The Balaban J connectivity index is 1.38. The Bertz CT molecular complexity index is 803. The average molecular weight is 387 g/mol. The molecule has 1 aliphatic heterocycles. The molecular formula is C26H30N2O. The molecule has 0 atom stereocenters. The fourth-order valence-corrected chi connectivity index (χ4v) is 3.90. The van der Waals surface area contributed by atoms with Crippen molar-refractivity contribution in [2.45, 2.75) is 25.8 Å². The third-order valence-corrected chi connectivity index (χ3v) is 5.52. The second-order valence-corrected chi connectivity index (χ2v) is 7.65. The van der Waals surface area contributed by atoms with Crippen molar-refractivity contribution in [1.29, 1.82) is 0 Å². The fourth-order valence-electron chi connectivity index (χ4n) is 3.90. The predicted octanol–water partition coefficient (Wildman–Crippen LogP) is 5.89. The third-order valence-electron chi connectivity index (χ3n) is 5.52. The largest absolute Gasteiger partial charge is 0.492 e. The topological polar surface area (TPSA) is 15.7 Å². The molecule has 0 saturated carbocycles. The van der Waals surface area contributed by atoms with E-state index in [4.69, 9.17) is 4.74 Å². The van der Waals surface area contributed by atoms with Gasteiger partial charge in [0.2, 0.25) is 0 Å². The summed E-state index contributed by atoms with van der Waals surface area (Å²) in [6, 6.07) is 29.6. The van der Waals surface area contributed by atoms with E-state index in [-0.39, 0.29) is 0 Å². The second kappa shape index (κ2) is 10.1. The molecule has 29 heavy (non-hydrogen) atoms. The van der Waals surface area contributed by atoms with E-state index >= 15 is 0 Å². The number of hydrogen-bond donors (Lipinski definition) is 0. The lowest BCUT2D eigenvalue weighted by molar-refractivity contribution is 0.183. The van der Waals surface area contributed by atoms with E-state index in [9.17, 15) is 0 Å². The maximum absolute atomic E-state index is 5.98. The van der Waals surface area contributed by atoms with Crippen molar-refractivity contribution >= 4 is 11.4 Å². The van der Waals surface area contributed by atoms with E-state index in [0.29, 0.717) is 0 Å². The molecule has 3 aromatic carbocycles. The van der Waals surface area contributed by atoms with Gasteiger partial charge in [-0.2, -0.15) is 0 Å². The van der Waals surface area contributed by atoms with Gasteiger partial charge >= 0.3 is 0 Å². The van der Waals surface area contributed by atoms with E-state index in [1.165, 1.54) is 49.3 Å². The van der Waals surface area contributed by atoms with Gasteiger partial charge in [-0.05, 0) is 67.9 Å². The summed E-state index contributed by atoms with van der Waals surface area (Å²) in [4.78, 5) is 4.85. The Hall–Kier alpha value is -2.78. The lowest BCUT2D eigenvalue weighted by Crippen LogP contribution is -2.33. The van der Waals surface area contributed by atoms with Crippen LogP contribution in [0.25, 0.3) is 0 Å². The molecule has 4 rings (SSSR count). The molecule has 0 aliphatic carbocycles. The van der Waals surface area contributed by atoms with Gasteiger partial charge < -0.3 is 9.64 Å². The van der Waals surface area contributed by atoms with Crippen LogP contribution in [0.15, 0.2) is 84.9 Å². The standard InChI is InChI=1S/C26H30N2O/c1-4-10-24(11-5-1)28(25-12-6-2-7-13-25)22-23-14-16-26(17-15-23)29-21-20-27-18-8-3-9-19-27/h1-2,4-7,10-17H,3,8-9,18-22H2. The van der Waals surface area contributed by atoms with Gasteiger partial charge in [-0.15, -0.1) is 0 Å². The highest BCUT2D eigenvalue weighted by molar-refractivity contribution is 5.63. The summed E-state index contributed by atoms with van der Waals surface area (Å²) >= 11 is 0. The van der Waals surface area contributed by atoms with Crippen LogP contribution in [0.3, 0.4) is 0 Å². The molecule has 3 aromatic rings. The summed E-state index contributed by atoms with van der Waals surface area (Å²) < 4.78 is 5.98. The monoisotopic (exact) mass is 386 g/mol. The SMILES string of the molecule is c1ccc(N(Cc2ccc(OCCN3CCCCC3)cc2)c2ccccc2)cc1. The summed E-state index contributed by atoms with van der Waals surface area (Å²) in [6.45, 7) is 5.05. The zero-order valence-corrected chi connectivity index (χ0v) is 17.0. The molecule has 1 saturated heterocycles. The first kappa shape index (κ1) is 19.5. The molecule has 0 N–H and O–H groups in total. The number of rotatable bonds is 8. The van der Waals surface area contributed by atoms with Crippen molar-refractivity contribution in [1.82, 2.24) is 4.90 Å². The van der Waals surface area contributed by atoms with E-state index < -0.39 is 0 Å². The Morgan fingerprint density at radius 2 is 1.28 bits per heavy atom. The van der Waals surface area contributed by atoms with Crippen LogP contribution in [0, 0.1) is 0 Å². The predicted molar refractivity (Wildman–Crippen MR) is 121 cm³/mol. The molecule has 0 bridgehead atoms. The Kier molecular flexibility index (Phi) is 6.82. The van der Waals surface area contributed by atoms with E-state index in [0.717, 1.165) is 25.4 Å². The smallest absolute Gasteiger partial charge is 0.119 e. The summed E-state index contributed by atoms with van der Waals surface area (Å²) in [5, 5.41) is 0. The average Bonchev–Trinajstić information content (AvgIpc) is 2.80. The second-order valence-electron chi connectivity index (χ2n) is 7.65. The highest BCUT2D eigenvalue weighted by atomic mass is 16.5. The van der Waals surface area contributed by atoms with Gasteiger partial charge in [0.1, 0.15) is 12.4 Å². The number of benzene rings is 3. The quantitative estimate of drug-likeness (QED) is 0.480. The van der Waals surface area contributed by atoms with Gasteiger partial charge in [-0.25, -0.2) is 0 Å². The molecule has 0 radical (unpaired) electrons. The first-order chi connectivity index (χ1) is 14.4. The van der Waals surface area contributed by atoms with Gasteiger partial charge in [-0.1, -0.05) is 55.0 Å². The molecule has 0 aromatic heterocycles. The van der Waals surface area contributed by atoms with Gasteiger partial charge in [0, 0.05) is 24.5 Å². The molecule has 3 heteroatoms. The van der Waals surface area contributed by atoms with Gasteiger partial charge in [0.15, 0.2) is 0 Å². The summed E-state index contributed by atoms with van der Waals surface area (Å²) in [5.41, 5.74) is 3.65. The van der Waals surface area contributed by atoms with Crippen molar-refractivity contribution in [3.05, 3.63) is 90.5 Å². The van der Waals surface area contributed by atoms with Gasteiger partial charge in [0.05, 0.1) is 0 Å². The molecule has 0 amide bonds. The van der Waals surface area contributed by atoms with Crippen LogP contribution in [0.4, 0.5) is 11.4 Å². The minimum atomic E-state index is 0.763. The highest BCUT2D eigenvalue weighted by Crippen LogP contribution is 2.27. The molecule has 1 fully saturated rings. The van der Waals surface area contributed by atoms with Crippen molar-refractivity contribution in [2.75, 3.05) is 31.1 Å². The zero-order chi connectivity index (χ0) is 19.7. The van der Waals surface area contributed by atoms with Crippen LogP contribution in [0.5, 0.6) is 5.75 Å².